The molecule has 1 aromatic heterocycles. The van der Waals surface area contributed by atoms with E-state index in [2.05, 4.69) is 30.4 Å². The Kier molecular flexibility index (Phi) is 6.26. The van der Waals surface area contributed by atoms with Crippen LogP contribution < -0.4 is 5.32 Å². The molecule has 1 N–H and O–H groups in total. The fourth-order valence-corrected chi connectivity index (χ4v) is 3.53. The zero-order chi connectivity index (χ0) is 21.0. The Balaban J connectivity index is 1.87. The predicted octanol–water partition coefficient (Wildman–Crippen LogP) is 5.26. The summed E-state index contributed by atoms with van der Waals surface area (Å²) in [5.74, 6) is 1.32. The molecule has 0 fully saturated rings. The molecule has 1 heterocycles. The van der Waals surface area contributed by atoms with Crippen molar-refractivity contribution in [1.29, 1.82) is 0 Å². The second kappa shape index (κ2) is 8.68. The molecule has 1 unspecified atom stereocenters. The Bertz CT molecular complexity index is 954. The normalized spacial score (nSPS) is 16.8. The molecule has 0 saturated carbocycles. The predicted molar refractivity (Wildman–Crippen MR) is 117 cm³/mol. The number of carbonyl (C=O) groups excluding carboxylic acids is 1. The maximum absolute atomic E-state index is 12.0. The van der Waals surface area contributed by atoms with E-state index >= 15 is 0 Å². The minimum atomic E-state index is -0.510. The number of rotatable bonds is 5. The average molecular weight is 395 g/mol. The molecule has 0 radical (unpaired) electrons. The van der Waals surface area contributed by atoms with Crippen molar-refractivity contribution >= 4 is 22.6 Å². The van der Waals surface area contributed by atoms with E-state index in [4.69, 9.17) is 14.5 Å². The van der Waals surface area contributed by atoms with Crippen LogP contribution in [0.25, 0.3) is 16.5 Å². The molecule has 1 aliphatic carbocycles. The zero-order valence-corrected chi connectivity index (χ0v) is 17.9. The second-order valence-electron chi connectivity index (χ2n) is 8.42. The molecule has 1 aromatic carbocycles. The summed E-state index contributed by atoms with van der Waals surface area (Å²) in [6.45, 7) is 8.24. The van der Waals surface area contributed by atoms with Gasteiger partial charge >= 0.3 is 6.09 Å². The van der Waals surface area contributed by atoms with Crippen molar-refractivity contribution in [2.24, 2.45) is 5.92 Å². The molecular formula is C24H30N2O3. The number of fused-ring (bicyclic) bond motifs is 1. The highest BCUT2D eigenvalue weighted by Gasteiger charge is 2.21. The maximum atomic E-state index is 12.0. The van der Waals surface area contributed by atoms with Crippen LogP contribution in [0, 0.1) is 5.92 Å². The summed E-state index contributed by atoms with van der Waals surface area (Å²) in [6, 6.07) is 10.3. The number of allylic oxidation sites excluding steroid dienone is 4. The van der Waals surface area contributed by atoms with Gasteiger partial charge in [-0.25, -0.2) is 4.79 Å². The number of methoxy groups -OCH3 is 1. The fourth-order valence-electron chi connectivity index (χ4n) is 3.53. The molecule has 2 aromatic rings. The molecule has 1 amide bonds. The van der Waals surface area contributed by atoms with Gasteiger partial charge in [-0.1, -0.05) is 31.2 Å². The first kappa shape index (κ1) is 20.9. The third-order valence-corrected chi connectivity index (χ3v) is 4.89. The molecule has 0 saturated heterocycles. The summed E-state index contributed by atoms with van der Waals surface area (Å²) >= 11 is 0. The Morgan fingerprint density at radius 3 is 2.69 bits per heavy atom. The second-order valence-corrected chi connectivity index (χ2v) is 8.42. The van der Waals surface area contributed by atoms with Crippen molar-refractivity contribution in [2.75, 3.05) is 13.7 Å². The number of ether oxygens (including phenoxy) is 2. The van der Waals surface area contributed by atoms with Crippen molar-refractivity contribution in [3.05, 3.63) is 59.5 Å². The van der Waals surface area contributed by atoms with Gasteiger partial charge in [0.25, 0.3) is 0 Å². The molecule has 1 atom stereocenters. The van der Waals surface area contributed by atoms with Gasteiger partial charge in [0.15, 0.2) is 0 Å². The Hall–Kier alpha value is -2.82. The summed E-state index contributed by atoms with van der Waals surface area (Å²) in [6.07, 6.45) is 5.25. The third kappa shape index (κ3) is 5.37. The van der Waals surface area contributed by atoms with Crippen molar-refractivity contribution in [2.45, 2.75) is 46.1 Å². The van der Waals surface area contributed by atoms with Crippen molar-refractivity contribution in [3.8, 4) is 0 Å². The van der Waals surface area contributed by atoms with Crippen LogP contribution >= 0.6 is 0 Å². The summed E-state index contributed by atoms with van der Waals surface area (Å²) in [7, 11) is 1.71. The number of carbonyl (C=O) groups is 1. The van der Waals surface area contributed by atoms with E-state index in [1.54, 1.807) is 7.11 Å². The Morgan fingerprint density at radius 1 is 1.24 bits per heavy atom. The van der Waals surface area contributed by atoms with Crippen molar-refractivity contribution in [3.63, 3.8) is 0 Å². The summed E-state index contributed by atoms with van der Waals surface area (Å²) in [4.78, 5) is 16.9. The van der Waals surface area contributed by atoms with Gasteiger partial charge < -0.3 is 14.8 Å². The third-order valence-electron chi connectivity index (χ3n) is 4.89. The molecule has 3 rings (SSSR count). The van der Waals surface area contributed by atoms with E-state index in [9.17, 15) is 4.79 Å². The van der Waals surface area contributed by atoms with Crippen LogP contribution in [0.2, 0.25) is 0 Å². The summed E-state index contributed by atoms with van der Waals surface area (Å²) in [5.41, 5.74) is 3.81. The van der Waals surface area contributed by atoms with Crippen LogP contribution in [0.15, 0.2) is 48.2 Å². The van der Waals surface area contributed by atoms with Gasteiger partial charge in [-0.05, 0) is 50.5 Å². The van der Waals surface area contributed by atoms with Gasteiger partial charge in [0.1, 0.15) is 5.60 Å². The monoisotopic (exact) mass is 394 g/mol. The molecular weight excluding hydrogens is 364 g/mol. The van der Waals surface area contributed by atoms with Crippen LogP contribution in [0.5, 0.6) is 0 Å². The minimum Gasteiger partial charge on any atom is -0.501 e. The van der Waals surface area contributed by atoms with Crippen LogP contribution in [0.3, 0.4) is 0 Å². The van der Waals surface area contributed by atoms with E-state index in [1.165, 1.54) is 5.57 Å². The Labute approximate surface area is 172 Å². The summed E-state index contributed by atoms with van der Waals surface area (Å²) in [5, 5.41) is 3.95. The number of hydrogen-bond acceptors (Lipinski definition) is 4. The van der Waals surface area contributed by atoms with E-state index < -0.39 is 11.7 Å². The van der Waals surface area contributed by atoms with Gasteiger partial charge in [-0.3, -0.25) is 4.98 Å². The average Bonchev–Trinajstić information content (AvgIpc) is 2.66. The first-order valence-corrected chi connectivity index (χ1v) is 10.1. The van der Waals surface area contributed by atoms with Gasteiger partial charge in [0, 0.05) is 30.3 Å². The maximum Gasteiger partial charge on any atom is 0.407 e. The smallest absolute Gasteiger partial charge is 0.407 e. The first-order chi connectivity index (χ1) is 13.8. The molecule has 5 nitrogen and oxygen atoms in total. The molecule has 29 heavy (non-hydrogen) atoms. The lowest BCUT2D eigenvalue weighted by atomic mass is 9.85. The molecule has 0 aliphatic heterocycles. The van der Waals surface area contributed by atoms with Crippen LogP contribution in [0.1, 0.15) is 45.4 Å². The topological polar surface area (TPSA) is 60.5 Å². The lowest BCUT2D eigenvalue weighted by Crippen LogP contribution is -2.33. The molecule has 0 bridgehead atoms. The highest BCUT2D eigenvalue weighted by molar-refractivity contribution is 5.84. The van der Waals surface area contributed by atoms with Crippen LogP contribution in [-0.2, 0) is 15.9 Å². The number of alkyl carbamates (subject to hydrolysis) is 1. The highest BCUT2D eigenvalue weighted by Crippen LogP contribution is 2.35. The zero-order valence-electron chi connectivity index (χ0n) is 17.9. The van der Waals surface area contributed by atoms with Crippen molar-refractivity contribution < 1.29 is 14.3 Å². The number of benzene rings is 1. The minimum absolute atomic E-state index is 0.329. The van der Waals surface area contributed by atoms with Crippen LogP contribution in [-0.4, -0.2) is 30.3 Å². The van der Waals surface area contributed by atoms with E-state index in [0.29, 0.717) is 18.9 Å². The largest absolute Gasteiger partial charge is 0.501 e. The number of aromatic nitrogens is 1. The fraction of sp³-hybridized carbons (Fsp3) is 0.417. The van der Waals surface area contributed by atoms with Gasteiger partial charge in [0.2, 0.25) is 0 Å². The molecule has 1 aliphatic rings. The van der Waals surface area contributed by atoms with Gasteiger partial charge in [0.05, 0.1) is 24.1 Å². The highest BCUT2D eigenvalue weighted by atomic mass is 16.6. The lowest BCUT2D eigenvalue weighted by Gasteiger charge is -2.23. The number of nitrogens with one attached hydrogen (secondary N) is 1. The number of hydrogen-bond donors (Lipinski definition) is 1. The SMILES string of the molecule is COC1=CC=C(c2cc3ccccc3nc2CCNC(=O)OC(C)(C)C)C(C)C1. The number of para-hydroxylation sites is 1. The van der Waals surface area contributed by atoms with E-state index in [-0.39, 0.29) is 0 Å². The molecule has 154 valence electrons. The Morgan fingerprint density at radius 2 is 2.00 bits per heavy atom. The van der Waals surface area contributed by atoms with Gasteiger partial charge in [-0.2, -0.15) is 0 Å². The number of nitrogens with zero attached hydrogens (tertiary/aromatic N) is 1. The molecule has 5 heteroatoms. The quantitative estimate of drug-likeness (QED) is 0.752. The van der Waals surface area contributed by atoms with Crippen LogP contribution in [0.4, 0.5) is 4.79 Å². The number of pyridine rings is 1. The summed E-state index contributed by atoms with van der Waals surface area (Å²) < 4.78 is 10.7. The van der Waals surface area contributed by atoms with E-state index in [0.717, 1.165) is 34.3 Å². The standard InChI is InChI=1S/C24H30N2O3/c1-16-14-18(28-5)10-11-19(16)20-15-17-8-6-7-9-21(17)26-22(20)12-13-25-23(27)29-24(2,3)4/h6-11,15-16H,12-14H2,1-5H3,(H,25,27). The first-order valence-electron chi connectivity index (χ1n) is 10.1. The van der Waals surface area contributed by atoms with Crippen molar-refractivity contribution in [1.82, 2.24) is 10.3 Å². The lowest BCUT2D eigenvalue weighted by molar-refractivity contribution is 0.0528. The molecule has 0 spiro atoms. The number of amides is 1. The van der Waals surface area contributed by atoms with E-state index in [1.807, 2.05) is 45.0 Å². The van der Waals surface area contributed by atoms with Gasteiger partial charge in [-0.15, -0.1) is 0 Å².